The molecule has 3 nitrogen and oxygen atoms in total. The van der Waals surface area contributed by atoms with Crippen LogP contribution in [0.25, 0.3) is 0 Å². The molecule has 0 aliphatic carbocycles. The molecule has 108 valence electrons. The molecule has 0 amide bonds. The Balaban J connectivity index is 1.50. The second kappa shape index (κ2) is 5.47. The van der Waals surface area contributed by atoms with Gasteiger partial charge in [-0.15, -0.1) is 0 Å². The highest BCUT2D eigenvalue weighted by Crippen LogP contribution is 2.38. The van der Waals surface area contributed by atoms with Gasteiger partial charge >= 0.3 is 0 Å². The minimum atomic E-state index is 0.470. The van der Waals surface area contributed by atoms with E-state index >= 15 is 0 Å². The van der Waals surface area contributed by atoms with Crippen molar-refractivity contribution >= 4 is 0 Å². The van der Waals surface area contributed by atoms with Crippen LogP contribution in [0, 0.1) is 0 Å². The summed E-state index contributed by atoms with van der Waals surface area (Å²) in [6.07, 6.45) is 6.12. The third kappa shape index (κ3) is 2.39. The van der Waals surface area contributed by atoms with Gasteiger partial charge in [-0.2, -0.15) is 0 Å². The van der Waals surface area contributed by atoms with E-state index in [2.05, 4.69) is 40.5 Å². The highest BCUT2D eigenvalue weighted by Gasteiger charge is 2.44. The van der Waals surface area contributed by atoms with E-state index in [0.717, 1.165) is 13.1 Å². The zero-order valence-electron chi connectivity index (χ0n) is 12.0. The first-order valence-corrected chi connectivity index (χ1v) is 8.08. The van der Waals surface area contributed by atoms with Gasteiger partial charge in [-0.05, 0) is 44.3 Å². The van der Waals surface area contributed by atoms with Crippen molar-refractivity contribution in [3.63, 3.8) is 0 Å². The first-order valence-electron chi connectivity index (χ1n) is 8.08. The van der Waals surface area contributed by atoms with Crippen molar-refractivity contribution in [2.24, 2.45) is 0 Å². The van der Waals surface area contributed by atoms with E-state index in [0.29, 0.717) is 24.3 Å². The predicted molar refractivity (Wildman–Crippen MR) is 79.7 cm³/mol. The molecule has 20 heavy (non-hydrogen) atoms. The fourth-order valence-corrected chi connectivity index (χ4v) is 4.15. The van der Waals surface area contributed by atoms with Gasteiger partial charge in [0.25, 0.3) is 0 Å². The van der Waals surface area contributed by atoms with Crippen molar-refractivity contribution in [2.75, 3.05) is 19.6 Å². The highest BCUT2D eigenvalue weighted by atomic mass is 16.5. The lowest BCUT2D eigenvalue weighted by atomic mass is 9.93. The Kier molecular flexibility index (Phi) is 3.51. The molecular formula is C17H24N2O. The van der Waals surface area contributed by atoms with Gasteiger partial charge < -0.3 is 10.1 Å². The summed E-state index contributed by atoms with van der Waals surface area (Å²) in [5.41, 5.74) is 1.42. The number of hydrogen-bond acceptors (Lipinski definition) is 3. The Morgan fingerprint density at radius 3 is 2.80 bits per heavy atom. The number of benzene rings is 1. The molecule has 1 N–H and O–H groups in total. The summed E-state index contributed by atoms with van der Waals surface area (Å²) in [7, 11) is 0. The van der Waals surface area contributed by atoms with Crippen LogP contribution < -0.4 is 5.32 Å². The van der Waals surface area contributed by atoms with Crippen molar-refractivity contribution in [3.8, 4) is 0 Å². The van der Waals surface area contributed by atoms with Crippen molar-refractivity contribution < 1.29 is 4.74 Å². The van der Waals surface area contributed by atoms with E-state index in [1.54, 1.807) is 0 Å². The van der Waals surface area contributed by atoms with Crippen molar-refractivity contribution in [3.05, 3.63) is 35.9 Å². The largest absolute Gasteiger partial charge is 0.373 e. The number of fused-ring (bicyclic) bond motifs is 2. The number of ether oxygens (including phenoxy) is 1. The maximum atomic E-state index is 6.06. The van der Waals surface area contributed by atoms with Crippen molar-refractivity contribution in [1.29, 1.82) is 0 Å². The minimum absolute atomic E-state index is 0.470. The van der Waals surface area contributed by atoms with E-state index in [1.165, 1.54) is 37.8 Å². The van der Waals surface area contributed by atoms with Gasteiger partial charge in [0.1, 0.15) is 0 Å². The highest BCUT2D eigenvalue weighted by molar-refractivity contribution is 5.19. The van der Waals surface area contributed by atoms with Crippen LogP contribution in [-0.2, 0) is 4.74 Å². The molecule has 0 spiro atoms. The SMILES string of the molecule is c1ccc(C2CN(C3CC4CCC3O4)CCCN2)cc1. The molecule has 3 fully saturated rings. The maximum Gasteiger partial charge on any atom is 0.0735 e. The normalized spacial score (nSPS) is 38.0. The first kappa shape index (κ1) is 12.8. The van der Waals surface area contributed by atoms with Crippen LogP contribution >= 0.6 is 0 Å². The molecule has 4 unspecified atom stereocenters. The topological polar surface area (TPSA) is 24.5 Å². The van der Waals surface area contributed by atoms with Crippen LogP contribution in [0.1, 0.15) is 37.3 Å². The fraction of sp³-hybridized carbons (Fsp3) is 0.647. The van der Waals surface area contributed by atoms with E-state index in [4.69, 9.17) is 4.74 Å². The minimum Gasteiger partial charge on any atom is -0.373 e. The van der Waals surface area contributed by atoms with Crippen LogP contribution in [0.3, 0.4) is 0 Å². The lowest BCUT2D eigenvalue weighted by Gasteiger charge is -2.33. The molecule has 1 aromatic rings. The molecule has 0 saturated carbocycles. The summed E-state index contributed by atoms with van der Waals surface area (Å²) in [6, 6.07) is 12.0. The number of nitrogens with one attached hydrogen (secondary N) is 1. The van der Waals surface area contributed by atoms with Gasteiger partial charge in [0, 0.05) is 18.6 Å². The average Bonchev–Trinajstić information content (AvgIpc) is 3.04. The van der Waals surface area contributed by atoms with E-state index in [1.807, 2.05) is 0 Å². The lowest BCUT2D eigenvalue weighted by molar-refractivity contribution is 0.0691. The van der Waals surface area contributed by atoms with Gasteiger partial charge in [0.15, 0.2) is 0 Å². The Morgan fingerprint density at radius 1 is 1.15 bits per heavy atom. The molecule has 3 aliphatic rings. The summed E-state index contributed by atoms with van der Waals surface area (Å²) in [6.45, 7) is 3.46. The zero-order chi connectivity index (χ0) is 13.4. The Morgan fingerprint density at radius 2 is 2.05 bits per heavy atom. The first-order chi connectivity index (χ1) is 9.90. The molecule has 1 aromatic carbocycles. The Bertz CT molecular complexity index is 450. The quantitative estimate of drug-likeness (QED) is 0.894. The standard InChI is InChI=1S/C17H24N2O/c1-2-5-13(6-3-1)15-12-19(10-4-9-18-15)16-11-14-7-8-17(16)20-14/h1-3,5-6,14-18H,4,7-12H2. The number of hydrogen-bond donors (Lipinski definition) is 1. The van der Waals surface area contributed by atoms with Gasteiger partial charge in [0.05, 0.1) is 12.2 Å². The fourth-order valence-electron chi connectivity index (χ4n) is 4.15. The second-order valence-corrected chi connectivity index (χ2v) is 6.44. The van der Waals surface area contributed by atoms with Crippen LogP contribution in [-0.4, -0.2) is 42.8 Å². The summed E-state index contributed by atoms with van der Waals surface area (Å²) in [4.78, 5) is 2.70. The number of nitrogens with zero attached hydrogens (tertiary/aromatic N) is 1. The van der Waals surface area contributed by atoms with Gasteiger partial charge in [0.2, 0.25) is 0 Å². The van der Waals surface area contributed by atoms with Crippen molar-refractivity contribution in [2.45, 2.75) is 50.0 Å². The number of rotatable bonds is 2. The molecule has 4 rings (SSSR count). The molecule has 3 heteroatoms. The van der Waals surface area contributed by atoms with Gasteiger partial charge in [-0.3, -0.25) is 4.90 Å². The molecule has 3 saturated heterocycles. The molecular weight excluding hydrogens is 248 g/mol. The van der Waals surface area contributed by atoms with Gasteiger partial charge in [-0.1, -0.05) is 30.3 Å². The Hall–Kier alpha value is -0.900. The van der Waals surface area contributed by atoms with E-state index < -0.39 is 0 Å². The third-order valence-corrected chi connectivity index (χ3v) is 5.17. The molecule has 2 bridgehead atoms. The Labute approximate surface area is 121 Å². The predicted octanol–water partition coefficient (Wildman–Crippen LogP) is 2.34. The zero-order valence-corrected chi connectivity index (χ0v) is 12.0. The third-order valence-electron chi connectivity index (χ3n) is 5.17. The second-order valence-electron chi connectivity index (χ2n) is 6.44. The van der Waals surface area contributed by atoms with Crippen LogP contribution in [0.15, 0.2) is 30.3 Å². The molecule has 3 heterocycles. The lowest BCUT2D eigenvalue weighted by Crippen LogP contribution is -2.44. The maximum absolute atomic E-state index is 6.06. The van der Waals surface area contributed by atoms with Crippen LogP contribution in [0.5, 0.6) is 0 Å². The van der Waals surface area contributed by atoms with E-state index in [9.17, 15) is 0 Å². The summed E-state index contributed by atoms with van der Waals surface area (Å²) in [5, 5.41) is 3.71. The summed E-state index contributed by atoms with van der Waals surface area (Å²) >= 11 is 0. The average molecular weight is 272 g/mol. The molecule has 4 atom stereocenters. The van der Waals surface area contributed by atoms with Crippen LogP contribution in [0.2, 0.25) is 0 Å². The van der Waals surface area contributed by atoms with Crippen LogP contribution in [0.4, 0.5) is 0 Å². The summed E-state index contributed by atoms with van der Waals surface area (Å²) < 4.78 is 6.06. The molecule has 0 radical (unpaired) electrons. The van der Waals surface area contributed by atoms with Gasteiger partial charge in [-0.25, -0.2) is 0 Å². The molecule has 0 aromatic heterocycles. The van der Waals surface area contributed by atoms with Crippen molar-refractivity contribution in [1.82, 2.24) is 10.2 Å². The smallest absolute Gasteiger partial charge is 0.0735 e. The monoisotopic (exact) mass is 272 g/mol. The summed E-state index contributed by atoms with van der Waals surface area (Å²) in [5.74, 6) is 0. The molecule has 3 aliphatic heterocycles. The van der Waals surface area contributed by atoms with E-state index in [-0.39, 0.29) is 0 Å².